The quantitative estimate of drug-likeness (QED) is 0.587. The van der Waals surface area contributed by atoms with Gasteiger partial charge < -0.3 is 10.1 Å². The van der Waals surface area contributed by atoms with Crippen LogP contribution in [0.25, 0.3) is 0 Å². The van der Waals surface area contributed by atoms with Crippen molar-refractivity contribution < 1.29 is 9.53 Å². The normalized spacial score (nSPS) is 10.7. The highest BCUT2D eigenvalue weighted by molar-refractivity contribution is 7.98. The van der Waals surface area contributed by atoms with Gasteiger partial charge in [-0.25, -0.2) is 0 Å². The summed E-state index contributed by atoms with van der Waals surface area (Å²) in [5.74, 6) is 0.543. The minimum Gasteiger partial charge on any atom is -0.381 e. The van der Waals surface area contributed by atoms with Gasteiger partial charge in [-0.05, 0) is 42.9 Å². The van der Waals surface area contributed by atoms with E-state index in [1.165, 1.54) is 4.90 Å². The van der Waals surface area contributed by atoms with E-state index in [1.807, 2.05) is 30.5 Å². The van der Waals surface area contributed by atoms with Crippen LogP contribution in [0.2, 0.25) is 0 Å². The summed E-state index contributed by atoms with van der Waals surface area (Å²) in [5, 5.41) is 2.90. The molecule has 1 aromatic rings. The second-order valence-corrected chi connectivity index (χ2v) is 5.69. The van der Waals surface area contributed by atoms with E-state index in [9.17, 15) is 4.79 Å². The molecule has 0 unspecified atom stereocenters. The number of hydrogen-bond donors (Lipinski definition) is 1. The van der Waals surface area contributed by atoms with E-state index in [4.69, 9.17) is 4.74 Å². The minimum atomic E-state index is -0.0171. The number of hydrogen-bond acceptors (Lipinski definition) is 3. The van der Waals surface area contributed by atoms with Gasteiger partial charge in [-0.15, -0.1) is 11.8 Å². The van der Waals surface area contributed by atoms with Gasteiger partial charge in [-0.1, -0.05) is 13.8 Å². The van der Waals surface area contributed by atoms with Crippen LogP contribution in [0.1, 0.15) is 30.6 Å². The highest BCUT2D eigenvalue weighted by Gasteiger charge is 2.04. The number of carbonyl (C=O) groups excluding carboxylic acids is 1. The Hall–Kier alpha value is -1.00. The van der Waals surface area contributed by atoms with Gasteiger partial charge in [-0.3, -0.25) is 4.79 Å². The maximum Gasteiger partial charge on any atom is 0.251 e. The molecule has 1 aromatic carbocycles. The molecule has 0 aliphatic rings. The number of amides is 1. The van der Waals surface area contributed by atoms with Crippen molar-refractivity contribution >= 4 is 17.7 Å². The summed E-state index contributed by atoms with van der Waals surface area (Å²) in [6.45, 7) is 6.38. The van der Waals surface area contributed by atoms with Crippen molar-refractivity contribution in [3.05, 3.63) is 29.8 Å². The third kappa shape index (κ3) is 6.64. The van der Waals surface area contributed by atoms with Crippen LogP contribution in [0.3, 0.4) is 0 Å². The Labute approximate surface area is 120 Å². The lowest BCUT2D eigenvalue weighted by Crippen LogP contribution is -2.25. The fourth-order valence-electron chi connectivity index (χ4n) is 1.54. The first-order valence-corrected chi connectivity index (χ1v) is 7.86. The number of rotatable bonds is 8. The lowest BCUT2D eigenvalue weighted by molar-refractivity contribution is 0.0925. The summed E-state index contributed by atoms with van der Waals surface area (Å²) in [6.07, 6.45) is 2.87. The zero-order chi connectivity index (χ0) is 14.1. The zero-order valence-corrected chi connectivity index (χ0v) is 12.8. The average Bonchev–Trinajstić information content (AvgIpc) is 2.42. The molecule has 0 aromatic heterocycles. The lowest BCUT2D eigenvalue weighted by atomic mass is 10.2. The summed E-state index contributed by atoms with van der Waals surface area (Å²) in [6, 6.07) is 7.64. The van der Waals surface area contributed by atoms with Crippen molar-refractivity contribution in [1.29, 1.82) is 0 Å². The van der Waals surface area contributed by atoms with E-state index in [0.29, 0.717) is 24.6 Å². The molecule has 106 valence electrons. The maximum absolute atomic E-state index is 11.8. The number of nitrogens with one attached hydrogen (secondary N) is 1. The molecule has 3 nitrogen and oxygen atoms in total. The first-order valence-electron chi connectivity index (χ1n) is 6.63. The predicted octanol–water partition coefficient (Wildman–Crippen LogP) is 3.20. The van der Waals surface area contributed by atoms with Gasteiger partial charge in [0.15, 0.2) is 0 Å². The van der Waals surface area contributed by atoms with Crippen LogP contribution in [0.5, 0.6) is 0 Å². The Morgan fingerprint density at radius 2 is 2.00 bits per heavy atom. The fraction of sp³-hybridized carbons (Fsp3) is 0.533. The molecule has 1 amide bonds. The molecule has 0 aliphatic carbocycles. The van der Waals surface area contributed by atoms with Crippen molar-refractivity contribution in [2.24, 2.45) is 5.92 Å². The minimum absolute atomic E-state index is 0.0171. The molecule has 1 N–H and O–H groups in total. The van der Waals surface area contributed by atoms with E-state index >= 15 is 0 Å². The van der Waals surface area contributed by atoms with Gasteiger partial charge in [0.05, 0.1) is 0 Å². The third-order valence-corrected chi connectivity index (χ3v) is 3.30. The van der Waals surface area contributed by atoms with Crippen LogP contribution in [0.4, 0.5) is 0 Å². The average molecular weight is 281 g/mol. The Morgan fingerprint density at radius 1 is 1.32 bits per heavy atom. The van der Waals surface area contributed by atoms with Gasteiger partial charge in [-0.2, -0.15) is 0 Å². The van der Waals surface area contributed by atoms with E-state index in [2.05, 4.69) is 19.2 Å². The Kier molecular flexibility index (Phi) is 7.60. The highest BCUT2D eigenvalue weighted by atomic mass is 32.2. The second-order valence-electron chi connectivity index (χ2n) is 4.81. The Bertz CT molecular complexity index is 376. The molecule has 4 heteroatoms. The second kappa shape index (κ2) is 8.99. The van der Waals surface area contributed by atoms with E-state index in [-0.39, 0.29) is 5.91 Å². The maximum atomic E-state index is 11.8. The summed E-state index contributed by atoms with van der Waals surface area (Å²) < 4.78 is 5.46. The van der Waals surface area contributed by atoms with Gasteiger partial charge in [0.1, 0.15) is 0 Å². The lowest BCUT2D eigenvalue weighted by Gasteiger charge is -2.08. The molecule has 1 rings (SSSR count). The monoisotopic (exact) mass is 281 g/mol. The van der Waals surface area contributed by atoms with Gasteiger partial charge in [0.2, 0.25) is 0 Å². The molecule has 0 atom stereocenters. The molecule has 19 heavy (non-hydrogen) atoms. The molecular formula is C15H23NO2S. The van der Waals surface area contributed by atoms with E-state index < -0.39 is 0 Å². The molecule has 0 saturated carbocycles. The van der Waals surface area contributed by atoms with Crippen molar-refractivity contribution in [3.63, 3.8) is 0 Å². The molecule has 0 spiro atoms. The fourth-order valence-corrected chi connectivity index (χ4v) is 1.95. The summed E-state index contributed by atoms with van der Waals surface area (Å²) >= 11 is 1.67. The standard InChI is InChI=1S/C15H23NO2S/c1-12(2)11-18-10-4-9-16-15(17)13-5-7-14(19-3)8-6-13/h5-8,12H,4,9-11H2,1-3H3,(H,16,17). The Balaban J connectivity index is 2.20. The first kappa shape index (κ1) is 16.1. The molecule has 0 aliphatic heterocycles. The largest absolute Gasteiger partial charge is 0.381 e. The zero-order valence-electron chi connectivity index (χ0n) is 11.9. The summed E-state index contributed by atoms with van der Waals surface area (Å²) in [7, 11) is 0. The SMILES string of the molecule is CSc1ccc(C(=O)NCCCOCC(C)C)cc1. The molecular weight excluding hydrogens is 258 g/mol. The van der Waals surface area contributed by atoms with Crippen LogP contribution in [-0.4, -0.2) is 31.9 Å². The van der Waals surface area contributed by atoms with E-state index in [1.54, 1.807) is 11.8 Å². The smallest absolute Gasteiger partial charge is 0.251 e. The van der Waals surface area contributed by atoms with E-state index in [0.717, 1.165) is 13.0 Å². The van der Waals surface area contributed by atoms with Crippen molar-refractivity contribution in [2.75, 3.05) is 26.0 Å². The van der Waals surface area contributed by atoms with Crippen molar-refractivity contribution in [1.82, 2.24) is 5.32 Å². The summed E-state index contributed by atoms with van der Waals surface area (Å²) in [5.41, 5.74) is 0.709. The van der Waals surface area contributed by atoms with Crippen LogP contribution in [0.15, 0.2) is 29.2 Å². The molecule has 0 fully saturated rings. The van der Waals surface area contributed by atoms with Crippen LogP contribution >= 0.6 is 11.8 Å². The molecule has 0 saturated heterocycles. The number of ether oxygens (including phenoxy) is 1. The highest BCUT2D eigenvalue weighted by Crippen LogP contribution is 2.14. The Morgan fingerprint density at radius 3 is 2.58 bits per heavy atom. The number of carbonyl (C=O) groups is 1. The molecule has 0 heterocycles. The number of thioether (sulfide) groups is 1. The number of benzene rings is 1. The molecule has 0 bridgehead atoms. The summed E-state index contributed by atoms with van der Waals surface area (Å²) in [4.78, 5) is 13.0. The van der Waals surface area contributed by atoms with Gasteiger partial charge in [0, 0.05) is 30.2 Å². The third-order valence-electron chi connectivity index (χ3n) is 2.55. The first-order chi connectivity index (χ1) is 9.13. The van der Waals surface area contributed by atoms with Crippen molar-refractivity contribution in [3.8, 4) is 0 Å². The van der Waals surface area contributed by atoms with Gasteiger partial charge >= 0.3 is 0 Å². The van der Waals surface area contributed by atoms with Crippen LogP contribution in [0, 0.1) is 5.92 Å². The van der Waals surface area contributed by atoms with Crippen molar-refractivity contribution in [2.45, 2.75) is 25.2 Å². The molecule has 0 radical (unpaired) electrons. The van der Waals surface area contributed by atoms with Crippen LogP contribution in [-0.2, 0) is 4.74 Å². The van der Waals surface area contributed by atoms with Gasteiger partial charge in [0.25, 0.3) is 5.91 Å². The topological polar surface area (TPSA) is 38.3 Å². The predicted molar refractivity (Wildman–Crippen MR) is 80.8 cm³/mol. The van der Waals surface area contributed by atoms with Crippen LogP contribution < -0.4 is 5.32 Å².